The molecule has 104 valence electrons. The number of benzene rings is 1. The van der Waals surface area contributed by atoms with E-state index in [0.717, 1.165) is 12.3 Å². The van der Waals surface area contributed by atoms with Gasteiger partial charge in [0.15, 0.2) is 0 Å². The van der Waals surface area contributed by atoms with Crippen LogP contribution in [0.25, 0.3) is 11.1 Å². The highest BCUT2D eigenvalue weighted by atomic mass is 19.4. The number of hydrogen-bond donors (Lipinski definition) is 1. The van der Waals surface area contributed by atoms with Crippen LogP contribution in [0.2, 0.25) is 0 Å². The fraction of sp³-hybridized carbons (Fsp3) is 0.143. The largest absolute Gasteiger partial charge is 0.481 e. The highest BCUT2D eigenvalue weighted by molar-refractivity contribution is 5.76. The lowest BCUT2D eigenvalue weighted by Crippen LogP contribution is -2.10. The molecule has 0 atom stereocenters. The summed E-state index contributed by atoms with van der Waals surface area (Å²) in [4.78, 5) is 14.1. The number of nitrogens with zero attached hydrogens (tertiary/aromatic N) is 1. The van der Waals surface area contributed by atoms with Gasteiger partial charge >= 0.3 is 12.1 Å². The van der Waals surface area contributed by atoms with Gasteiger partial charge in [-0.2, -0.15) is 13.2 Å². The number of pyridine rings is 1. The van der Waals surface area contributed by atoms with Crippen LogP contribution in [0.4, 0.5) is 13.2 Å². The SMILES string of the molecule is O=C(O)Cc1cnc(C(F)(F)F)cc1-c1ccccc1. The third kappa shape index (κ3) is 3.14. The first-order valence-electron chi connectivity index (χ1n) is 5.71. The quantitative estimate of drug-likeness (QED) is 0.938. The second kappa shape index (κ2) is 5.32. The van der Waals surface area contributed by atoms with Crippen molar-refractivity contribution in [1.82, 2.24) is 4.98 Å². The average molecular weight is 281 g/mol. The molecule has 0 spiro atoms. The van der Waals surface area contributed by atoms with E-state index in [4.69, 9.17) is 5.11 Å². The van der Waals surface area contributed by atoms with Crippen LogP contribution in [0, 0.1) is 0 Å². The molecule has 0 fully saturated rings. The lowest BCUT2D eigenvalue weighted by molar-refractivity contribution is -0.141. The Hall–Kier alpha value is -2.37. The van der Waals surface area contributed by atoms with E-state index in [1.807, 2.05) is 0 Å². The summed E-state index contributed by atoms with van der Waals surface area (Å²) in [6, 6.07) is 9.21. The maximum atomic E-state index is 12.7. The first-order chi connectivity index (χ1) is 9.38. The lowest BCUT2D eigenvalue weighted by atomic mass is 9.98. The van der Waals surface area contributed by atoms with Gasteiger partial charge in [0.25, 0.3) is 0 Å². The molecule has 1 aromatic heterocycles. The molecule has 6 heteroatoms. The average Bonchev–Trinajstić information content (AvgIpc) is 2.38. The number of aliphatic carboxylic acids is 1. The van der Waals surface area contributed by atoms with Gasteiger partial charge in [-0.3, -0.25) is 9.78 Å². The minimum Gasteiger partial charge on any atom is -0.481 e. The van der Waals surface area contributed by atoms with Gasteiger partial charge in [0, 0.05) is 6.20 Å². The van der Waals surface area contributed by atoms with Gasteiger partial charge in [0.1, 0.15) is 5.69 Å². The summed E-state index contributed by atoms with van der Waals surface area (Å²) in [5, 5.41) is 8.82. The predicted octanol–water partition coefficient (Wildman–Crippen LogP) is 3.39. The van der Waals surface area contributed by atoms with Crippen LogP contribution in [-0.4, -0.2) is 16.1 Å². The molecule has 0 amide bonds. The maximum absolute atomic E-state index is 12.7. The molecule has 0 aliphatic carbocycles. The molecule has 0 aliphatic rings. The summed E-state index contributed by atoms with van der Waals surface area (Å²) in [5.74, 6) is -1.12. The smallest absolute Gasteiger partial charge is 0.433 e. The first-order valence-corrected chi connectivity index (χ1v) is 5.71. The van der Waals surface area contributed by atoms with Crippen molar-refractivity contribution in [3.05, 3.63) is 53.9 Å². The Morgan fingerprint density at radius 2 is 1.85 bits per heavy atom. The first kappa shape index (κ1) is 14.0. The Balaban J connectivity index is 2.57. The molecule has 1 aromatic carbocycles. The topological polar surface area (TPSA) is 50.2 Å². The predicted molar refractivity (Wildman–Crippen MR) is 66.0 cm³/mol. The Labute approximate surface area is 112 Å². The molecule has 0 unspecified atom stereocenters. The molecule has 1 heterocycles. The second-order valence-electron chi connectivity index (χ2n) is 4.16. The van der Waals surface area contributed by atoms with Crippen molar-refractivity contribution in [2.24, 2.45) is 0 Å². The number of rotatable bonds is 3. The number of aromatic nitrogens is 1. The number of hydrogen-bond acceptors (Lipinski definition) is 2. The lowest BCUT2D eigenvalue weighted by Gasteiger charge is -2.12. The van der Waals surface area contributed by atoms with Gasteiger partial charge in [-0.15, -0.1) is 0 Å². The van der Waals surface area contributed by atoms with E-state index in [1.165, 1.54) is 0 Å². The van der Waals surface area contributed by atoms with Crippen LogP contribution < -0.4 is 0 Å². The summed E-state index contributed by atoms with van der Waals surface area (Å²) in [6.45, 7) is 0. The molecule has 1 N–H and O–H groups in total. The van der Waals surface area contributed by atoms with Crippen molar-refractivity contribution >= 4 is 5.97 Å². The number of carboxylic acids is 1. The fourth-order valence-electron chi connectivity index (χ4n) is 1.83. The van der Waals surface area contributed by atoms with Gasteiger partial charge < -0.3 is 5.11 Å². The molecule has 0 saturated carbocycles. The van der Waals surface area contributed by atoms with Crippen LogP contribution in [0.5, 0.6) is 0 Å². The van der Waals surface area contributed by atoms with Crippen molar-refractivity contribution in [3.8, 4) is 11.1 Å². The highest BCUT2D eigenvalue weighted by Crippen LogP contribution is 2.32. The van der Waals surface area contributed by atoms with E-state index in [-0.39, 0.29) is 17.5 Å². The fourth-order valence-corrected chi connectivity index (χ4v) is 1.83. The molecule has 3 nitrogen and oxygen atoms in total. The van der Waals surface area contributed by atoms with E-state index in [9.17, 15) is 18.0 Å². The van der Waals surface area contributed by atoms with Crippen molar-refractivity contribution < 1.29 is 23.1 Å². The number of carbonyl (C=O) groups is 1. The number of alkyl halides is 3. The minimum absolute atomic E-state index is 0.232. The molecule has 0 saturated heterocycles. The monoisotopic (exact) mass is 281 g/mol. The normalized spacial score (nSPS) is 11.3. The standard InChI is InChI=1S/C14H10F3NO2/c15-14(16,17)12-7-11(9-4-2-1-3-5-9)10(8-18-12)6-13(19)20/h1-5,7-8H,6H2,(H,19,20). The van der Waals surface area contributed by atoms with Gasteiger partial charge in [-0.05, 0) is 22.8 Å². The summed E-state index contributed by atoms with van der Waals surface area (Å²) in [7, 11) is 0. The van der Waals surface area contributed by atoms with Gasteiger partial charge in [-0.25, -0.2) is 0 Å². The molecular weight excluding hydrogens is 271 g/mol. The van der Waals surface area contributed by atoms with Crippen LogP contribution in [0.15, 0.2) is 42.6 Å². The number of halogens is 3. The Morgan fingerprint density at radius 1 is 1.20 bits per heavy atom. The van der Waals surface area contributed by atoms with Crippen LogP contribution in [-0.2, 0) is 17.4 Å². The third-order valence-electron chi connectivity index (χ3n) is 2.70. The van der Waals surface area contributed by atoms with Crippen molar-refractivity contribution in [1.29, 1.82) is 0 Å². The van der Waals surface area contributed by atoms with E-state index in [2.05, 4.69) is 4.98 Å². The van der Waals surface area contributed by atoms with Gasteiger partial charge in [-0.1, -0.05) is 30.3 Å². The Morgan fingerprint density at radius 3 is 2.40 bits per heavy atom. The highest BCUT2D eigenvalue weighted by Gasteiger charge is 2.33. The van der Waals surface area contributed by atoms with Crippen molar-refractivity contribution in [3.63, 3.8) is 0 Å². The molecule has 2 aromatic rings. The van der Waals surface area contributed by atoms with E-state index in [1.54, 1.807) is 30.3 Å². The molecule has 0 radical (unpaired) electrons. The number of carboxylic acid groups (broad SMARTS) is 1. The molecule has 2 rings (SSSR count). The zero-order valence-corrected chi connectivity index (χ0v) is 10.2. The Kier molecular flexibility index (Phi) is 3.74. The molecule has 20 heavy (non-hydrogen) atoms. The zero-order chi connectivity index (χ0) is 14.8. The van der Waals surface area contributed by atoms with Crippen molar-refractivity contribution in [2.75, 3.05) is 0 Å². The second-order valence-corrected chi connectivity index (χ2v) is 4.16. The van der Waals surface area contributed by atoms with E-state index in [0.29, 0.717) is 5.56 Å². The van der Waals surface area contributed by atoms with Crippen LogP contribution >= 0.6 is 0 Å². The maximum Gasteiger partial charge on any atom is 0.433 e. The minimum atomic E-state index is -4.56. The summed E-state index contributed by atoms with van der Waals surface area (Å²) < 4.78 is 38.1. The third-order valence-corrected chi connectivity index (χ3v) is 2.70. The zero-order valence-electron chi connectivity index (χ0n) is 10.2. The van der Waals surface area contributed by atoms with E-state index < -0.39 is 17.8 Å². The summed E-state index contributed by atoms with van der Waals surface area (Å²) in [6.07, 6.45) is -3.97. The van der Waals surface area contributed by atoms with Gasteiger partial charge in [0.2, 0.25) is 0 Å². The van der Waals surface area contributed by atoms with Crippen LogP contribution in [0.3, 0.4) is 0 Å². The molecule has 0 bridgehead atoms. The summed E-state index contributed by atoms with van der Waals surface area (Å²) in [5.41, 5.74) is -0.0332. The molecule has 0 aliphatic heterocycles. The van der Waals surface area contributed by atoms with Gasteiger partial charge in [0.05, 0.1) is 6.42 Å². The van der Waals surface area contributed by atoms with Crippen molar-refractivity contribution in [2.45, 2.75) is 12.6 Å². The molecular formula is C14H10F3NO2. The van der Waals surface area contributed by atoms with E-state index >= 15 is 0 Å². The summed E-state index contributed by atoms with van der Waals surface area (Å²) >= 11 is 0. The van der Waals surface area contributed by atoms with Crippen LogP contribution in [0.1, 0.15) is 11.3 Å². The Bertz CT molecular complexity index is 624.